The lowest BCUT2D eigenvalue weighted by Crippen LogP contribution is -2.24. The molecule has 1 heterocycles. The van der Waals surface area contributed by atoms with Crippen LogP contribution in [0.4, 0.5) is 5.69 Å². The maximum atomic E-state index is 12.6. The van der Waals surface area contributed by atoms with Crippen LogP contribution in [0.15, 0.2) is 47.6 Å². The Bertz CT molecular complexity index is 1180. The number of nitrogens with zero attached hydrogens (tertiary/aromatic N) is 1. The number of hydrogen-bond donors (Lipinski definition) is 2. The quantitative estimate of drug-likeness (QED) is 0.330. The van der Waals surface area contributed by atoms with Gasteiger partial charge in [-0.3, -0.25) is 9.59 Å². The summed E-state index contributed by atoms with van der Waals surface area (Å²) in [5.41, 5.74) is 6.02. The number of hydrazone groups is 1. The van der Waals surface area contributed by atoms with Gasteiger partial charge in [0.1, 0.15) is 4.88 Å². The van der Waals surface area contributed by atoms with Crippen molar-refractivity contribution >= 4 is 56.2 Å². The summed E-state index contributed by atoms with van der Waals surface area (Å²) < 4.78 is 0.978. The standard InChI is InChI=1S/C25H26ClN3O2S/c1-15-8-13-20-21(14-15)32-23(22(20)26)25(31)29-28-16(2)17-9-11-19(12-10-17)27-24(30)18-6-4-3-5-7-18/h8-14,18H,3-7H2,1-2H3,(H,27,30)(H,29,31). The van der Waals surface area contributed by atoms with Crippen LogP contribution in [0.1, 0.15) is 59.8 Å². The number of thiophene rings is 1. The van der Waals surface area contributed by atoms with Crippen molar-refractivity contribution in [1.82, 2.24) is 5.43 Å². The SMILES string of the molecule is CC(=NNC(=O)c1sc2cc(C)ccc2c1Cl)c1ccc(NC(=O)C2CCCCC2)cc1. The van der Waals surface area contributed by atoms with Gasteiger partial charge in [-0.05, 0) is 56.0 Å². The first kappa shape index (κ1) is 22.5. The molecule has 0 atom stereocenters. The minimum absolute atomic E-state index is 0.102. The number of fused-ring (bicyclic) bond motifs is 1. The summed E-state index contributed by atoms with van der Waals surface area (Å²) in [4.78, 5) is 25.5. The van der Waals surface area contributed by atoms with Crippen molar-refractivity contribution in [2.45, 2.75) is 46.0 Å². The van der Waals surface area contributed by atoms with Crippen molar-refractivity contribution in [1.29, 1.82) is 0 Å². The summed E-state index contributed by atoms with van der Waals surface area (Å²) in [7, 11) is 0. The highest BCUT2D eigenvalue weighted by molar-refractivity contribution is 7.21. The third-order valence-electron chi connectivity index (χ3n) is 5.86. The molecule has 0 aliphatic heterocycles. The van der Waals surface area contributed by atoms with Gasteiger partial charge >= 0.3 is 0 Å². The van der Waals surface area contributed by atoms with Gasteiger partial charge in [-0.1, -0.05) is 55.1 Å². The van der Waals surface area contributed by atoms with Gasteiger partial charge in [0.2, 0.25) is 5.91 Å². The molecule has 7 heteroatoms. The molecule has 0 radical (unpaired) electrons. The molecule has 0 saturated heterocycles. The van der Waals surface area contributed by atoms with E-state index in [4.69, 9.17) is 11.6 Å². The second kappa shape index (κ2) is 9.84. The van der Waals surface area contributed by atoms with Crippen molar-refractivity contribution in [3.8, 4) is 0 Å². The van der Waals surface area contributed by atoms with E-state index >= 15 is 0 Å². The van der Waals surface area contributed by atoms with E-state index in [0.29, 0.717) is 15.6 Å². The number of carbonyl (C=O) groups is 2. The molecule has 1 aromatic heterocycles. The Kier molecular flexibility index (Phi) is 6.92. The second-order valence-electron chi connectivity index (χ2n) is 8.28. The largest absolute Gasteiger partial charge is 0.326 e. The lowest BCUT2D eigenvalue weighted by Gasteiger charge is -2.20. The Labute approximate surface area is 196 Å². The van der Waals surface area contributed by atoms with E-state index in [-0.39, 0.29) is 17.7 Å². The number of benzene rings is 2. The monoisotopic (exact) mass is 467 g/mol. The summed E-state index contributed by atoms with van der Waals surface area (Å²) in [6.45, 7) is 3.83. The molecule has 3 aromatic rings. The van der Waals surface area contributed by atoms with Crippen LogP contribution in [-0.2, 0) is 4.79 Å². The molecular weight excluding hydrogens is 442 g/mol. The minimum Gasteiger partial charge on any atom is -0.326 e. The average Bonchev–Trinajstić information content (AvgIpc) is 3.13. The Morgan fingerprint density at radius 3 is 2.50 bits per heavy atom. The number of nitrogens with one attached hydrogen (secondary N) is 2. The van der Waals surface area contributed by atoms with E-state index < -0.39 is 0 Å². The van der Waals surface area contributed by atoms with E-state index in [9.17, 15) is 9.59 Å². The fraction of sp³-hybridized carbons (Fsp3) is 0.320. The molecule has 5 nitrogen and oxygen atoms in total. The Hall–Kier alpha value is -2.70. The topological polar surface area (TPSA) is 70.6 Å². The van der Waals surface area contributed by atoms with Crippen molar-refractivity contribution in [3.63, 3.8) is 0 Å². The number of anilines is 1. The van der Waals surface area contributed by atoms with Gasteiger partial charge in [-0.2, -0.15) is 5.10 Å². The molecule has 2 aromatic carbocycles. The van der Waals surface area contributed by atoms with Gasteiger partial charge in [0.05, 0.1) is 10.7 Å². The molecule has 1 fully saturated rings. The zero-order valence-electron chi connectivity index (χ0n) is 18.2. The number of rotatable bonds is 5. The number of carbonyl (C=O) groups excluding carboxylic acids is 2. The molecule has 2 N–H and O–H groups in total. The highest BCUT2D eigenvalue weighted by atomic mass is 35.5. The molecule has 1 saturated carbocycles. The van der Waals surface area contributed by atoms with Gasteiger partial charge < -0.3 is 5.32 Å². The predicted octanol–water partition coefficient (Wildman–Crippen LogP) is 6.54. The fourth-order valence-electron chi connectivity index (χ4n) is 3.97. The van der Waals surface area contributed by atoms with Gasteiger partial charge in [0.25, 0.3) is 5.91 Å². The molecule has 0 spiro atoms. The number of aryl methyl sites for hydroxylation is 1. The molecule has 0 unspecified atom stereocenters. The van der Waals surface area contributed by atoms with E-state index in [1.807, 2.05) is 56.3 Å². The van der Waals surface area contributed by atoms with Gasteiger partial charge in [-0.25, -0.2) is 5.43 Å². The Morgan fingerprint density at radius 2 is 1.78 bits per heavy atom. The molecular formula is C25H26ClN3O2S. The van der Waals surface area contributed by atoms with E-state index in [2.05, 4.69) is 15.8 Å². The van der Waals surface area contributed by atoms with Crippen LogP contribution in [0, 0.1) is 12.8 Å². The third kappa shape index (κ3) is 5.03. The number of amides is 2. The molecule has 166 valence electrons. The van der Waals surface area contributed by atoms with E-state index in [0.717, 1.165) is 52.6 Å². The first-order chi connectivity index (χ1) is 15.4. The smallest absolute Gasteiger partial charge is 0.283 e. The highest BCUT2D eigenvalue weighted by Gasteiger charge is 2.21. The van der Waals surface area contributed by atoms with Crippen LogP contribution in [0.5, 0.6) is 0 Å². The van der Waals surface area contributed by atoms with Gasteiger partial charge in [0.15, 0.2) is 0 Å². The third-order valence-corrected chi connectivity index (χ3v) is 7.52. The maximum Gasteiger partial charge on any atom is 0.283 e. The Morgan fingerprint density at radius 1 is 1.06 bits per heavy atom. The molecule has 32 heavy (non-hydrogen) atoms. The van der Waals surface area contributed by atoms with Crippen LogP contribution in [-0.4, -0.2) is 17.5 Å². The summed E-state index contributed by atoms with van der Waals surface area (Å²) in [5.74, 6) is -0.110. The fourth-order valence-corrected chi connectivity index (χ4v) is 5.48. The highest BCUT2D eigenvalue weighted by Crippen LogP contribution is 2.35. The normalized spacial score (nSPS) is 15.0. The van der Waals surface area contributed by atoms with Crippen molar-refractivity contribution in [3.05, 3.63) is 63.5 Å². The zero-order chi connectivity index (χ0) is 22.7. The molecule has 1 aliphatic carbocycles. The van der Waals surface area contributed by atoms with Crippen LogP contribution in [0.25, 0.3) is 10.1 Å². The van der Waals surface area contributed by atoms with Crippen molar-refractivity contribution in [2.24, 2.45) is 11.0 Å². The van der Waals surface area contributed by atoms with Crippen molar-refractivity contribution in [2.75, 3.05) is 5.32 Å². The summed E-state index contributed by atoms with van der Waals surface area (Å²) >= 11 is 7.78. The lowest BCUT2D eigenvalue weighted by atomic mass is 9.88. The first-order valence-electron chi connectivity index (χ1n) is 10.9. The maximum absolute atomic E-state index is 12.6. The van der Waals surface area contributed by atoms with E-state index in [1.54, 1.807) is 0 Å². The first-order valence-corrected chi connectivity index (χ1v) is 12.1. The van der Waals surface area contributed by atoms with Gasteiger partial charge in [-0.15, -0.1) is 11.3 Å². The summed E-state index contributed by atoms with van der Waals surface area (Å²) in [6, 6.07) is 13.4. The van der Waals surface area contributed by atoms with Crippen molar-refractivity contribution < 1.29 is 9.59 Å². The average molecular weight is 468 g/mol. The molecule has 0 bridgehead atoms. The summed E-state index contributed by atoms with van der Waals surface area (Å²) in [6.07, 6.45) is 5.43. The zero-order valence-corrected chi connectivity index (χ0v) is 19.8. The number of hydrogen-bond acceptors (Lipinski definition) is 4. The minimum atomic E-state index is -0.329. The van der Waals surface area contributed by atoms with Crippen LogP contribution >= 0.6 is 22.9 Å². The van der Waals surface area contributed by atoms with Crippen LogP contribution in [0.3, 0.4) is 0 Å². The van der Waals surface area contributed by atoms with Gasteiger partial charge in [0, 0.05) is 21.7 Å². The molecule has 4 rings (SSSR count). The molecule has 2 amide bonds. The van der Waals surface area contributed by atoms with Crippen LogP contribution < -0.4 is 10.7 Å². The summed E-state index contributed by atoms with van der Waals surface area (Å²) in [5, 5.41) is 8.58. The Balaban J connectivity index is 1.40. The molecule has 1 aliphatic rings. The predicted molar refractivity (Wildman–Crippen MR) is 133 cm³/mol. The van der Waals surface area contributed by atoms with E-state index in [1.165, 1.54) is 17.8 Å². The van der Waals surface area contributed by atoms with Crippen LogP contribution in [0.2, 0.25) is 5.02 Å². The lowest BCUT2D eigenvalue weighted by molar-refractivity contribution is -0.120. The number of halogens is 1. The second-order valence-corrected chi connectivity index (χ2v) is 9.71.